The second-order valence-corrected chi connectivity index (χ2v) is 5.48. The van der Waals surface area contributed by atoms with Crippen molar-refractivity contribution < 1.29 is 14.3 Å². The third-order valence-corrected chi connectivity index (χ3v) is 3.71. The predicted octanol–water partition coefficient (Wildman–Crippen LogP) is 4.61. The summed E-state index contributed by atoms with van der Waals surface area (Å²) in [5, 5.41) is 0. The number of benzene rings is 3. The molecule has 0 unspecified atom stereocenters. The van der Waals surface area contributed by atoms with E-state index in [1.54, 1.807) is 6.07 Å². The Morgan fingerprint density at radius 1 is 0.636 bits per heavy atom. The summed E-state index contributed by atoms with van der Waals surface area (Å²) in [4.78, 5) is 18.3. The average Bonchev–Trinajstić information content (AvgIpc) is 2.56. The molecule has 3 nitrogen and oxygen atoms in total. The molecule has 0 atom stereocenters. The molecule has 2 N–H and O–H groups in total. The zero-order chi connectivity index (χ0) is 15.4. The van der Waals surface area contributed by atoms with E-state index in [2.05, 4.69) is 0 Å². The van der Waals surface area contributed by atoms with Crippen LogP contribution in [0.25, 0.3) is 22.3 Å². The summed E-state index contributed by atoms with van der Waals surface area (Å²) in [6, 6.07) is 25.5. The smallest absolute Gasteiger partial charge is 0.391 e. The lowest BCUT2D eigenvalue weighted by atomic mass is 9.98. The van der Waals surface area contributed by atoms with Crippen LogP contribution in [-0.4, -0.2) is 9.79 Å². The van der Waals surface area contributed by atoms with Crippen LogP contribution in [-0.2, 0) is 0 Å². The molecule has 3 aromatic carbocycles. The fourth-order valence-corrected chi connectivity index (χ4v) is 2.69. The molecule has 3 aromatic rings. The van der Waals surface area contributed by atoms with Crippen LogP contribution >= 0.6 is 8.60 Å². The Labute approximate surface area is 130 Å². The molecule has 0 fully saturated rings. The molecular formula is C18H15O3P. The summed E-state index contributed by atoms with van der Waals surface area (Å²) in [5.41, 5.74) is 3.94. The first kappa shape index (κ1) is 14.7. The van der Waals surface area contributed by atoms with Crippen LogP contribution < -0.4 is 4.52 Å². The van der Waals surface area contributed by atoms with Gasteiger partial charge in [-0.1, -0.05) is 66.7 Å². The largest absolute Gasteiger partial charge is 0.426 e. The van der Waals surface area contributed by atoms with Crippen LogP contribution in [0.1, 0.15) is 0 Å². The lowest BCUT2D eigenvalue weighted by Crippen LogP contribution is -1.90. The molecule has 0 aromatic heterocycles. The molecule has 0 aliphatic heterocycles. The molecule has 0 bridgehead atoms. The van der Waals surface area contributed by atoms with Crippen LogP contribution in [0.4, 0.5) is 0 Å². The fourth-order valence-electron chi connectivity index (χ4n) is 2.35. The minimum Gasteiger partial charge on any atom is -0.426 e. The third-order valence-electron chi connectivity index (χ3n) is 3.35. The van der Waals surface area contributed by atoms with E-state index in [1.807, 2.05) is 72.8 Å². The normalized spacial score (nSPS) is 10.7. The highest BCUT2D eigenvalue weighted by Gasteiger charge is 2.12. The topological polar surface area (TPSA) is 49.7 Å². The van der Waals surface area contributed by atoms with Crippen LogP contribution in [0.15, 0.2) is 78.9 Å². The van der Waals surface area contributed by atoms with E-state index in [0.29, 0.717) is 5.75 Å². The van der Waals surface area contributed by atoms with Crippen molar-refractivity contribution in [1.29, 1.82) is 0 Å². The van der Waals surface area contributed by atoms with E-state index >= 15 is 0 Å². The van der Waals surface area contributed by atoms with Crippen molar-refractivity contribution >= 4 is 8.60 Å². The lowest BCUT2D eigenvalue weighted by molar-refractivity contribution is 0.375. The van der Waals surface area contributed by atoms with Crippen LogP contribution in [0.3, 0.4) is 0 Å². The van der Waals surface area contributed by atoms with Crippen molar-refractivity contribution in [1.82, 2.24) is 0 Å². The second-order valence-electron chi connectivity index (χ2n) is 4.79. The van der Waals surface area contributed by atoms with Gasteiger partial charge in [-0.15, -0.1) is 0 Å². The number of hydrogen-bond donors (Lipinski definition) is 2. The van der Waals surface area contributed by atoms with Gasteiger partial charge in [0.05, 0.1) is 0 Å². The summed E-state index contributed by atoms with van der Waals surface area (Å²) in [6.07, 6.45) is 0. The maximum Gasteiger partial charge on any atom is 0.391 e. The van der Waals surface area contributed by atoms with Gasteiger partial charge in [-0.3, -0.25) is 0 Å². The van der Waals surface area contributed by atoms with Crippen molar-refractivity contribution in [2.24, 2.45) is 0 Å². The molecule has 3 rings (SSSR count). The van der Waals surface area contributed by atoms with Gasteiger partial charge in [-0.25, -0.2) is 0 Å². The average molecular weight is 310 g/mol. The Balaban J connectivity index is 2.10. The first-order valence-electron chi connectivity index (χ1n) is 6.85. The molecule has 110 valence electrons. The van der Waals surface area contributed by atoms with Gasteiger partial charge in [0.2, 0.25) is 0 Å². The monoisotopic (exact) mass is 310 g/mol. The van der Waals surface area contributed by atoms with Crippen LogP contribution in [0.5, 0.6) is 5.75 Å². The number of hydrogen-bond acceptors (Lipinski definition) is 3. The highest BCUT2D eigenvalue weighted by molar-refractivity contribution is 7.39. The fraction of sp³-hybridized carbons (Fsp3) is 0. The van der Waals surface area contributed by atoms with E-state index in [9.17, 15) is 0 Å². The van der Waals surface area contributed by atoms with E-state index < -0.39 is 8.60 Å². The van der Waals surface area contributed by atoms with Gasteiger partial charge in [0, 0.05) is 5.56 Å². The van der Waals surface area contributed by atoms with Crippen molar-refractivity contribution in [3.63, 3.8) is 0 Å². The molecule has 0 radical (unpaired) electrons. The Morgan fingerprint density at radius 2 is 1.23 bits per heavy atom. The third kappa shape index (κ3) is 3.34. The van der Waals surface area contributed by atoms with Crippen molar-refractivity contribution in [2.75, 3.05) is 0 Å². The first-order valence-corrected chi connectivity index (χ1v) is 8.01. The van der Waals surface area contributed by atoms with Gasteiger partial charge < -0.3 is 14.3 Å². The maximum atomic E-state index is 9.16. The van der Waals surface area contributed by atoms with Gasteiger partial charge in [0.1, 0.15) is 5.75 Å². The standard InChI is InChI=1S/C18H15O3P/c19-22(20)21-18-12-11-16(14-7-3-1-4-8-14)13-17(18)15-9-5-2-6-10-15/h1-13,19-20H. The van der Waals surface area contributed by atoms with Gasteiger partial charge in [0.25, 0.3) is 0 Å². The molecule has 0 aliphatic carbocycles. The van der Waals surface area contributed by atoms with Gasteiger partial charge in [0.15, 0.2) is 0 Å². The lowest BCUT2D eigenvalue weighted by Gasteiger charge is -2.13. The number of rotatable bonds is 4. The van der Waals surface area contributed by atoms with Crippen molar-refractivity contribution in [3.8, 4) is 28.0 Å². The highest BCUT2D eigenvalue weighted by atomic mass is 31.2. The summed E-state index contributed by atoms with van der Waals surface area (Å²) in [6.45, 7) is 0. The molecule has 0 heterocycles. The zero-order valence-electron chi connectivity index (χ0n) is 11.8. The molecule has 0 amide bonds. The Morgan fingerprint density at radius 3 is 1.82 bits per heavy atom. The van der Waals surface area contributed by atoms with E-state index in [-0.39, 0.29) is 0 Å². The second kappa shape index (κ2) is 6.71. The molecule has 4 heteroatoms. The molecule has 0 aliphatic rings. The predicted molar refractivity (Wildman–Crippen MR) is 89.3 cm³/mol. The van der Waals surface area contributed by atoms with Gasteiger partial charge >= 0.3 is 8.60 Å². The quantitative estimate of drug-likeness (QED) is 0.692. The summed E-state index contributed by atoms with van der Waals surface area (Å²) in [7, 11) is -2.45. The molecule has 0 spiro atoms. The summed E-state index contributed by atoms with van der Waals surface area (Å²) in [5.74, 6) is 0.460. The SMILES string of the molecule is OP(O)Oc1ccc(-c2ccccc2)cc1-c1ccccc1. The van der Waals surface area contributed by atoms with Crippen molar-refractivity contribution in [3.05, 3.63) is 78.9 Å². The van der Waals surface area contributed by atoms with E-state index in [0.717, 1.165) is 22.3 Å². The van der Waals surface area contributed by atoms with Crippen molar-refractivity contribution in [2.45, 2.75) is 0 Å². The maximum absolute atomic E-state index is 9.16. The Hall–Kier alpha value is -2.19. The Bertz CT molecular complexity index is 743. The molecule has 22 heavy (non-hydrogen) atoms. The molecule has 0 saturated heterocycles. The van der Waals surface area contributed by atoms with E-state index in [4.69, 9.17) is 14.3 Å². The van der Waals surface area contributed by atoms with Gasteiger partial charge in [-0.2, -0.15) is 0 Å². The molecule has 0 saturated carbocycles. The van der Waals surface area contributed by atoms with Gasteiger partial charge in [-0.05, 0) is 28.8 Å². The highest BCUT2D eigenvalue weighted by Crippen LogP contribution is 2.39. The molecular weight excluding hydrogens is 295 g/mol. The van der Waals surface area contributed by atoms with E-state index in [1.165, 1.54) is 0 Å². The summed E-state index contributed by atoms with van der Waals surface area (Å²) >= 11 is 0. The van der Waals surface area contributed by atoms with Crippen LogP contribution in [0.2, 0.25) is 0 Å². The minimum atomic E-state index is -2.45. The van der Waals surface area contributed by atoms with Crippen LogP contribution in [0, 0.1) is 0 Å². The minimum absolute atomic E-state index is 0.460. The first-order chi connectivity index (χ1) is 10.7. The zero-order valence-corrected chi connectivity index (χ0v) is 12.6. The summed E-state index contributed by atoms with van der Waals surface area (Å²) < 4.78 is 5.17. The Kier molecular flexibility index (Phi) is 4.50.